The van der Waals surface area contributed by atoms with E-state index in [1.807, 2.05) is 54.4 Å². The van der Waals surface area contributed by atoms with Crippen LogP contribution in [0.2, 0.25) is 5.02 Å². The van der Waals surface area contributed by atoms with E-state index in [9.17, 15) is 4.79 Å². The van der Waals surface area contributed by atoms with E-state index in [-0.39, 0.29) is 5.56 Å². The van der Waals surface area contributed by atoms with Gasteiger partial charge in [-0.3, -0.25) is 4.79 Å². The molecule has 1 heterocycles. The van der Waals surface area contributed by atoms with Crippen LogP contribution in [-0.2, 0) is 7.05 Å². The second-order valence-electron chi connectivity index (χ2n) is 5.35. The van der Waals surface area contributed by atoms with Gasteiger partial charge < -0.3 is 14.2 Å². The van der Waals surface area contributed by atoms with E-state index in [1.54, 1.807) is 24.8 Å². The number of rotatable bonds is 3. The minimum absolute atomic E-state index is 0.0573. The van der Waals surface area contributed by atoms with Crippen molar-refractivity contribution in [2.45, 2.75) is 0 Å². The molecule has 0 saturated heterocycles. The number of aromatic nitrogens is 1. The van der Waals surface area contributed by atoms with Crippen molar-refractivity contribution >= 4 is 33.9 Å². The van der Waals surface area contributed by atoms with Crippen molar-refractivity contribution in [2.75, 3.05) is 19.1 Å². The number of anilines is 2. The number of hydrogen-bond acceptors (Lipinski definition) is 3. The van der Waals surface area contributed by atoms with Crippen LogP contribution in [0, 0.1) is 0 Å². The van der Waals surface area contributed by atoms with E-state index >= 15 is 0 Å². The second kappa shape index (κ2) is 5.97. The molecule has 0 amide bonds. The molecule has 5 heteroatoms. The van der Waals surface area contributed by atoms with Crippen LogP contribution in [0.25, 0.3) is 10.9 Å². The summed E-state index contributed by atoms with van der Waals surface area (Å²) in [5.74, 6) is 0.778. The van der Waals surface area contributed by atoms with Gasteiger partial charge in [0.05, 0.1) is 12.6 Å². The van der Waals surface area contributed by atoms with Gasteiger partial charge in [-0.25, -0.2) is 0 Å². The molecule has 3 aromatic rings. The molecular formula is C18H17ClN2O2. The van der Waals surface area contributed by atoms with Gasteiger partial charge in [-0.1, -0.05) is 11.6 Å². The van der Waals surface area contributed by atoms with Crippen LogP contribution in [0.3, 0.4) is 0 Å². The summed E-state index contributed by atoms with van der Waals surface area (Å²) in [5.41, 5.74) is 2.29. The first-order valence-corrected chi connectivity index (χ1v) is 7.56. The Hall–Kier alpha value is -2.46. The van der Waals surface area contributed by atoms with Gasteiger partial charge >= 0.3 is 0 Å². The van der Waals surface area contributed by atoms with Gasteiger partial charge in [0.2, 0.25) is 0 Å². The zero-order chi connectivity index (χ0) is 16.6. The minimum Gasteiger partial charge on any atom is -0.497 e. The normalized spacial score (nSPS) is 10.8. The molecule has 0 aliphatic carbocycles. The molecular weight excluding hydrogens is 312 g/mol. The van der Waals surface area contributed by atoms with Crippen LogP contribution in [0.1, 0.15) is 0 Å². The highest BCUT2D eigenvalue weighted by molar-refractivity contribution is 6.31. The van der Waals surface area contributed by atoms with Crippen molar-refractivity contribution in [3.05, 3.63) is 63.9 Å². The molecule has 0 radical (unpaired) electrons. The molecule has 3 rings (SSSR count). The van der Waals surface area contributed by atoms with Crippen molar-refractivity contribution in [1.29, 1.82) is 0 Å². The average Bonchev–Trinajstić information content (AvgIpc) is 2.57. The number of ether oxygens (including phenoxy) is 1. The molecule has 0 bridgehead atoms. The molecule has 0 fully saturated rings. The lowest BCUT2D eigenvalue weighted by atomic mass is 10.2. The summed E-state index contributed by atoms with van der Waals surface area (Å²) in [7, 11) is 5.26. The van der Waals surface area contributed by atoms with E-state index in [0.717, 1.165) is 22.3 Å². The Morgan fingerprint density at radius 3 is 2.43 bits per heavy atom. The third-order valence-electron chi connectivity index (χ3n) is 3.99. The van der Waals surface area contributed by atoms with Gasteiger partial charge in [0.15, 0.2) is 0 Å². The first kappa shape index (κ1) is 15.4. The summed E-state index contributed by atoms with van der Waals surface area (Å²) in [6.07, 6.45) is 0. The predicted molar refractivity (Wildman–Crippen MR) is 95.3 cm³/mol. The third kappa shape index (κ3) is 2.78. The molecule has 0 spiro atoms. The van der Waals surface area contributed by atoms with Crippen LogP contribution in [0.15, 0.2) is 53.3 Å². The van der Waals surface area contributed by atoms with Crippen LogP contribution in [0.4, 0.5) is 11.4 Å². The second-order valence-corrected chi connectivity index (χ2v) is 5.79. The quantitative estimate of drug-likeness (QED) is 0.729. The Bertz CT molecular complexity index is 917. The van der Waals surface area contributed by atoms with Crippen LogP contribution in [-0.4, -0.2) is 18.7 Å². The summed E-state index contributed by atoms with van der Waals surface area (Å²) in [6, 6.07) is 14.9. The largest absolute Gasteiger partial charge is 0.497 e. The molecule has 0 saturated carbocycles. The Morgan fingerprint density at radius 1 is 1.09 bits per heavy atom. The van der Waals surface area contributed by atoms with Gasteiger partial charge in [0, 0.05) is 30.2 Å². The summed E-state index contributed by atoms with van der Waals surface area (Å²) >= 11 is 6.08. The van der Waals surface area contributed by atoms with E-state index in [1.165, 1.54) is 0 Å². The van der Waals surface area contributed by atoms with Crippen molar-refractivity contribution in [3.63, 3.8) is 0 Å². The molecule has 118 valence electrons. The first-order valence-electron chi connectivity index (χ1n) is 7.18. The van der Waals surface area contributed by atoms with E-state index in [2.05, 4.69) is 0 Å². The Balaban J connectivity index is 2.14. The number of nitrogens with zero attached hydrogens (tertiary/aromatic N) is 2. The number of benzene rings is 2. The van der Waals surface area contributed by atoms with Gasteiger partial charge in [0.25, 0.3) is 5.56 Å². The van der Waals surface area contributed by atoms with E-state index in [4.69, 9.17) is 16.3 Å². The van der Waals surface area contributed by atoms with Crippen LogP contribution >= 0.6 is 11.6 Å². The maximum absolute atomic E-state index is 12.7. The van der Waals surface area contributed by atoms with Crippen molar-refractivity contribution < 1.29 is 4.74 Å². The summed E-state index contributed by atoms with van der Waals surface area (Å²) in [5, 5.41) is 1.57. The molecule has 2 aromatic carbocycles. The standard InChI is InChI=1S/C18H17ClN2O2/c1-20(14-5-7-15(23-3)8-6-14)17-11-12-10-13(19)4-9-16(12)21(2)18(17)22/h4-11H,1-3H3. The van der Waals surface area contributed by atoms with Gasteiger partial charge in [-0.15, -0.1) is 0 Å². The first-order chi connectivity index (χ1) is 11.0. The zero-order valence-corrected chi connectivity index (χ0v) is 14.0. The number of aryl methyl sites for hydroxylation is 1. The zero-order valence-electron chi connectivity index (χ0n) is 13.2. The minimum atomic E-state index is -0.0573. The van der Waals surface area contributed by atoms with Crippen LogP contribution in [0.5, 0.6) is 5.75 Å². The third-order valence-corrected chi connectivity index (χ3v) is 4.22. The van der Waals surface area contributed by atoms with Gasteiger partial charge in [-0.05, 0) is 48.5 Å². The molecule has 0 aliphatic heterocycles. The smallest absolute Gasteiger partial charge is 0.274 e. The fourth-order valence-electron chi connectivity index (χ4n) is 2.62. The Kier molecular flexibility index (Phi) is 4.01. The number of pyridine rings is 1. The number of halogens is 1. The topological polar surface area (TPSA) is 34.5 Å². The fraction of sp³-hybridized carbons (Fsp3) is 0.167. The molecule has 0 atom stereocenters. The van der Waals surface area contributed by atoms with E-state index in [0.29, 0.717) is 10.7 Å². The lowest BCUT2D eigenvalue weighted by molar-refractivity contribution is 0.415. The SMILES string of the molecule is COc1ccc(N(C)c2cc3cc(Cl)ccc3n(C)c2=O)cc1. The Morgan fingerprint density at radius 2 is 1.78 bits per heavy atom. The summed E-state index contributed by atoms with van der Waals surface area (Å²) < 4.78 is 6.81. The maximum atomic E-state index is 12.7. The number of fused-ring (bicyclic) bond motifs is 1. The maximum Gasteiger partial charge on any atom is 0.274 e. The van der Waals surface area contributed by atoms with Crippen molar-refractivity contribution in [3.8, 4) is 5.75 Å². The lowest BCUT2D eigenvalue weighted by Crippen LogP contribution is -2.25. The molecule has 1 aromatic heterocycles. The van der Waals surface area contributed by atoms with E-state index < -0.39 is 0 Å². The average molecular weight is 329 g/mol. The molecule has 0 N–H and O–H groups in total. The number of hydrogen-bond donors (Lipinski definition) is 0. The highest BCUT2D eigenvalue weighted by Crippen LogP contribution is 2.26. The Labute approximate surface area is 139 Å². The van der Waals surface area contributed by atoms with Gasteiger partial charge in [0.1, 0.15) is 11.4 Å². The van der Waals surface area contributed by atoms with Crippen molar-refractivity contribution in [2.24, 2.45) is 7.05 Å². The number of methoxy groups -OCH3 is 1. The predicted octanol–water partition coefficient (Wildman–Crippen LogP) is 3.97. The molecule has 4 nitrogen and oxygen atoms in total. The molecule has 0 unspecified atom stereocenters. The van der Waals surface area contributed by atoms with Crippen LogP contribution < -0.4 is 15.2 Å². The monoisotopic (exact) mass is 328 g/mol. The summed E-state index contributed by atoms with van der Waals surface area (Å²) in [6.45, 7) is 0. The molecule has 23 heavy (non-hydrogen) atoms. The molecule has 0 aliphatic rings. The summed E-state index contributed by atoms with van der Waals surface area (Å²) in [4.78, 5) is 14.5. The highest BCUT2D eigenvalue weighted by Gasteiger charge is 2.12. The van der Waals surface area contributed by atoms with Gasteiger partial charge in [-0.2, -0.15) is 0 Å². The van der Waals surface area contributed by atoms with Crippen molar-refractivity contribution in [1.82, 2.24) is 4.57 Å². The fourth-order valence-corrected chi connectivity index (χ4v) is 2.80. The highest BCUT2D eigenvalue weighted by atomic mass is 35.5. The lowest BCUT2D eigenvalue weighted by Gasteiger charge is -2.20.